The molecule has 4 unspecified atom stereocenters. The van der Waals surface area contributed by atoms with Crippen LogP contribution in [-0.2, 0) is 4.79 Å². The molecule has 0 aliphatic carbocycles. The largest absolute Gasteiger partial charge is 0.479 e. The second kappa shape index (κ2) is 10.4. The number of hydrogen-bond donors (Lipinski definition) is 8. The van der Waals surface area contributed by atoms with Crippen LogP contribution in [0.2, 0.25) is 0 Å². The van der Waals surface area contributed by atoms with Crippen molar-refractivity contribution in [2.75, 3.05) is 19.8 Å². The summed E-state index contributed by atoms with van der Waals surface area (Å²) in [5, 5.41) is 59.6. The summed E-state index contributed by atoms with van der Waals surface area (Å²) in [7, 11) is 0. The molecule has 9 nitrogen and oxygen atoms in total. The van der Waals surface area contributed by atoms with Crippen LogP contribution in [0, 0.1) is 0 Å². The van der Waals surface area contributed by atoms with E-state index in [9.17, 15) is 4.79 Å². The number of aliphatic hydroxyl groups is 6. The number of nitrogens with two attached hydrogens (primary N) is 1. The molecule has 0 bridgehead atoms. The van der Waals surface area contributed by atoms with Crippen molar-refractivity contribution in [3.63, 3.8) is 0 Å². The fraction of sp³-hybridized carbons (Fsp3) is 0.875. The van der Waals surface area contributed by atoms with E-state index >= 15 is 0 Å². The Labute approximate surface area is 97.4 Å². The van der Waals surface area contributed by atoms with Gasteiger partial charge >= 0.3 is 5.97 Å². The number of aliphatic carboxylic acids is 1. The Hall–Kier alpha value is -0.810. The summed E-state index contributed by atoms with van der Waals surface area (Å²) in [6, 6.07) is 0. The molecule has 17 heavy (non-hydrogen) atoms. The van der Waals surface area contributed by atoms with Gasteiger partial charge in [0, 0.05) is 6.54 Å². The van der Waals surface area contributed by atoms with Crippen LogP contribution in [0.15, 0.2) is 0 Å². The third-order valence-corrected chi connectivity index (χ3v) is 1.64. The van der Waals surface area contributed by atoms with E-state index in [1.807, 2.05) is 0 Å². The fourth-order valence-corrected chi connectivity index (χ4v) is 0.668. The van der Waals surface area contributed by atoms with E-state index in [0.717, 1.165) is 0 Å². The van der Waals surface area contributed by atoms with Crippen LogP contribution in [0.3, 0.4) is 0 Å². The minimum atomic E-state index is -2.20. The average molecular weight is 257 g/mol. The number of hydrogen-bond acceptors (Lipinski definition) is 8. The highest BCUT2D eigenvalue weighted by atomic mass is 16.4. The van der Waals surface area contributed by atoms with Crippen LogP contribution >= 0.6 is 0 Å². The number of aliphatic hydroxyl groups excluding tert-OH is 6. The van der Waals surface area contributed by atoms with Gasteiger partial charge in [-0.25, -0.2) is 4.79 Å². The number of carbonyl (C=O) groups is 1. The van der Waals surface area contributed by atoms with Crippen molar-refractivity contribution in [1.82, 2.24) is 0 Å². The lowest BCUT2D eigenvalue weighted by molar-refractivity contribution is -0.164. The zero-order valence-electron chi connectivity index (χ0n) is 9.05. The third-order valence-electron chi connectivity index (χ3n) is 1.64. The molecule has 0 saturated carbocycles. The molecule has 0 spiro atoms. The molecule has 0 aromatic rings. The summed E-state index contributed by atoms with van der Waals surface area (Å²) in [4.78, 5) is 10.1. The Kier molecular flexibility index (Phi) is 11.3. The van der Waals surface area contributed by atoms with E-state index in [2.05, 4.69) is 0 Å². The third kappa shape index (κ3) is 7.99. The molecular formula is C8H19NO8. The van der Waals surface area contributed by atoms with Gasteiger partial charge in [0.25, 0.3) is 0 Å². The van der Waals surface area contributed by atoms with Crippen molar-refractivity contribution in [2.24, 2.45) is 5.73 Å². The van der Waals surface area contributed by atoms with Crippen molar-refractivity contribution in [3.8, 4) is 0 Å². The summed E-state index contributed by atoms with van der Waals surface area (Å²) in [6.07, 6.45) is -7.84. The van der Waals surface area contributed by atoms with Gasteiger partial charge in [-0.1, -0.05) is 0 Å². The highest BCUT2D eigenvalue weighted by molar-refractivity contribution is 5.72. The zero-order chi connectivity index (χ0) is 14.0. The highest BCUT2D eigenvalue weighted by Gasteiger charge is 2.33. The van der Waals surface area contributed by atoms with Crippen molar-refractivity contribution in [3.05, 3.63) is 0 Å². The maximum Gasteiger partial charge on any atom is 0.335 e. The second-order valence-corrected chi connectivity index (χ2v) is 3.03. The van der Waals surface area contributed by atoms with Crippen LogP contribution in [0.4, 0.5) is 0 Å². The molecule has 0 amide bonds. The Bertz CT molecular complexity index is 200. The molecule has 0 aliphatic heterocycles. The van der Waals surface area contributed by atoms with Gasteiger partial charge in [0.05, 0.1) is 13.2 Å². The first-order valence-corrected chi connectivity index (χ1v) is 4.70. The molecule has 9 N–H and O–H groups in total. The minimum Gasteiger partial charge on any atom is -0.479 e. The van der Waals surface area contributed by atoms with Crippen LogP contribution in [0.1, 0.15) is 0 Å². The van der Waals surface area contributed by atoms with E-state index in [0.29, 0.717) is 6.54 Å². The van der Waals surface area contributed by atoms with Gasteiger partial charge in [-0.2, -0.15) is 0 Å². The van der Waals surface area contributed by atoms with Gasteiger partial charge in [-0.3, -0.25) is 0 Å². The number of rotatable bonds is 6. The maximum absolute atomic E-state index is 10.1. The predicted molar refractivity (Wildman–Crippen MR) is 54.9 cm³/mol. The van der Waals surface area contributed by atoms with Crippen molar-refractivity contribution < 1.29 is 40.5 Å². The van der Waals surface area contributed by atoms with Crippen LogP contribution in [-0.4, -0.2) is 85.9 Å². The number of carboxylic acid groups (broad SMARTS) is 1. The van der Waals surface area contributed by atoms with Gasteiger partial charge in [-0.15, -0.1) is 0 Å². The predicted octanol–water partition coefficient (Wildman–Crippen LogP) is -4.56. The van der Waals surface area contributed by atoms with Gasteiger partial charge in [-0.05, 0) is 0 Å². The highest BCUT2D eigenvalue weighted by Crippen LogP contribution is 2.04. The van der Waals surface area contributed by atoms with Crippen molar-refractivity contribution in [1.29, 1.82) is 0 Å². The van der Waals surface area contributed by atoms with Gasteiger partial charge in [0.15, 0.2) is 6.10 Å². The molecule has 104 valence electrons. The zero-order valence-corrected chi connectivity index (χ0v) is 9.05. The van der Waals surface area contributed by atoms with E-state index < -0.39 is 37.0 Å². The normalized spacial score (nSPS) is 17.4. The van der Waals surface area contributed by atoms with Crippen LogP contribution in [0.25, 0.3) is 0 Å². The Balaban J connectivity index is 0. The average Bonchev–Trinajstić information content (AvgIpc) is 2.34. The van der Waals surface area contributed by atoms with E-state index in [1.165, 1.54) is 0 Å². The molecule has 0 aliphatic rings. The van der Waals surface area contributed by atoms with E-state index in [4.69, 9.17) is 41.5 Å². The summed E-state index contributed by atoms with van der Waals surface area (Å²) in [6.45, 7) is -0.370. The van der Waals surface area contributed by atoms with Crippen molar-refractivity contribution >= 4 is 5.97 Å². The molecule has 9 heteroatoms. The second-order valence-electron chi connectivity index (χ2n) is 3.03. The lowest BCUT2D eigenvalue weighted by Crippen LogP contribution is -2.48. The number of carboxylic acids is 1. The molecule has 0 aromatic carbocycles. The van der Waals surface area contributed by atoms with E-state index in [1.54, 1.807) is 0 Å². The standard InChI is InChI=1S/C6H12O7.C2H7NO/c7-1-2(8)3(9)4(10)5(11)6(12)13;3-1-2-4/h2-5,7-11H,1H2,(H,12,13);4H,1-3H2. The Morgan fingerprint density at radius 2 is 1.47 bits per heavy atom. The molecule has 0 heterocycles. The topological polar surface area (TPSA) is 185 Å². The quantitative estimate of drug-likeness (QED) is 0.232. The Morgan fingerprint density at radius 3 is 1.71 bits per heavy atom. The summed E-state index contributed by atoms with van der Waals surface area (Å²) >= 11 is 0. The van der Waals surface area contributed by atoms with E-state index in [-0.39, 0.29) is 6.61 Å². The maximum atomic E-state index is 10.1. The molecular weight excluding hydrogens is 238 g/mol. The molecule has 0 fully saturated rings. The SMILES string of the molecule is NCCO.O=C(O)C(O)C(O)C(O)C(O)CO. The van der Waals surface area contributed by atoms with Crippen LogP contribution < -0.4 is 5.73 Å². The summed E-state index contributed by atoms with van der Waals surface area (Å²) in [5.41, 5.74) is 4.78. The van der Waals surface area contributed by atoms with Gasteiger partial charge in [0.2, 0.25) is 0 Å². The molecule has 0 rings (SSSR count). The van der Waals surface area contributed by atoms with Gasteiger partial charge in [0.1, 0.15) is 18.3 Å². The lowest BCUT2D eigenvalue weighted by Gasteiger charge is -2.23. The molecule has 0 radical (unpaired) electrons. The molecule has 4 atom stereocenters. The first-order valence-electron chi connectivity index (χ1n) is 4.70. The fourth-order valence-electron chi connectivity index (χ4n) is 0.668. The first-order chi connectivity index (χ1) is 7.83. The minimum absolute atomic E-state index is 0.0972. The Morgan fingerprint density at radius 1 is 1.06 bits per heavy atom. The molecule has 0 saturated heterocycles. The first kappa shape index (κ1) is 18.6. The summed E-state index contributed by atoms with van der Waals surface area (Å²) < 4.78 is 0. The summed E-state index contributed by atoms with van der Waals surface area (Å²) in [5.74, 6) is -1.73. The van der Waals surface area contributed by atoms with Gasteiger partial charge < -0.3 is 41.5 Å². The smallest absolute Gasteiger partial charge is 0.335 e. The lowest BCUT2D eigenvalue weighted by atomic mass is 10.0. The van der Waals surface area contributed by atoms with Crippen LogP contribution in [0.5, 0.6) is 0 Å². The van der Waals surface area contributed by atoms with Crippen molar-refractivity contribution in [2.45, 2.75) is 24.4 Å². The monoisotopic (exact) mass is 257 g/mol. The molecule has 0 aromatic heterocycles.